The minimum atomic E-state index is -0.345. The fraction of sp³-hybridized carbons (Fsp3) is 0.143. The maximum atomic E-state index is 12.8. The van der Waals surface area contributed by atoms with Crippen LogP contribution in [0.25, 0.3) is 11.4 Å². The van der Waals surface area contributed by atoms with Gasteiger partial charge in [-0.05, 0) is 24.6 Å². The molecule has 0 aliphatic carbocycles. The SMILES string of the molecule is O=C(Nc1cnc(-c2ccccc2)nc1)c1ccc(Cl)cc1N1CCCC1=O. The van der Waals surface area contributed by atoms with E-state index in [-0.39, 0.29) is 11.8 Å². The van der Waals surface area contributed by atoms with Crippen molar-refractivity contribution in [2.24, 2.45) is 0 Å². The maximum Gasteiger partial charge on any atom is 0.257 e. The fourth-order valence-corrected chi connectivity index (χ4v) is 3.32. The van der Waals surface area contributed by atoms with Crippen LogP contribution in [0.1, 0.15) is 23.2 Å². The number of hydrogen-bond donors (Lipinski definition) is 1. The Morgan fingerprint density at radius 3 is 2.50 bits per heavy atom. The van der Waals surface area contributed by atoms with Crippen LogP contribution in [0.15, 0.2) is 60.9 Å². The molecule has 140 valence electrons. The van der Waals surface area contributed by atoms with Crippen molar-refractivity contribution in [3.63, 3.8) is 0 Å². The first-order valence-corrected chi connectivity index (χ1v) is 9.28. The number of benzene rings is 2. The lowest BCUT2D eigenvalue weighted by atomic mass is 10.1. The lowest BCUT2D eigenvalue weighted by Crippen LogP contribution is -2.27. The van der Waals surface area contributed by atoms with Gasteiger partial charge in [-0.1, -0.05) is 41.9 Å². The molecule has 7 heteroatoms. The molecule has 6 nitrogen and oxygen atoms in total. The molecular formula is C21H17ClN4O2. The minimum absolute atomic E-state index is 0.00753. The summed E-state index contributed by atoms with van der Waals surface area (Å²) in [5, 5.41) is 3.26. The van der Waals surface area contributed by atoms with Crippen molar-refractivity contribution in [2.45, 2.75) is 12.8 Å². The van der Waals surface area contributed by atoms with Crippen molar-refractivity contribution < 1.29 is 9.59 Å². The van der Waals surface area contributed by atoms with Crippen LogP contribution in [0.4, 0.5) is 11.4 Å². The number of hydrogen-bond acceptors (Lipinski definition) is 4. The molecule has 1 fully saturated rings. The summed E-state index contributed by atoms with van der Waals surface area (Å²) in [5.41, 5.74) is 2.27. The van der Waals surface area contributed by atoms with Crippen LogP contribution < -0.4 is 10.2 Å². The van der Waals surface area contributed by atoms with Crippen molar-refractivity contribution in [1.82, 2.24) is 9.97 Å². The van der Waals surface area contributed by atoms with Crippen molar-refractivity contribution in [3.8, 4) is 11.4 Å². The van der Waals surface area contributed by atoms with Crippen molar-refractivity contribution in [3.05, 3.63) is 71.5 Å². The third-order valence-corrected chi connectivity index (χ3v) is 4.75. The highest BCUT2D eigenvalue weighted by Gasteiger charge is 2.26. The van der Waals surface area contributed by atoms with Gasteiger partial charge in [0.25, 0.3) is 5.91 Å². The number of nitrogens with one attached hydrogen (secondary N) is 1. The number of halogens is 1. The highest BCUT2D eigenvalue weighted by molar-refractivity contribution is 6.31. The van der Waals surface area contributed by atoms with Crippen LogP contribution in [0, 0.1) is 0 Å². The average Bonchev–Trinajstić information content (AvgIpc) is 3.15. The van der Waals surface area contributed by atoms with E-state index in [1.165, 1.54) is 0 Å². The molecule has 1 aliphatic heterocycles. The Hall–Kier alpha value is -3.25. The Bertz CT molecular complexity index is 1020. The van der Waals surface area contributed by atoms with Gasteiger partial charge in [0.1, 0.15) is 0 Å². The van der Waals surface area contributed by atoms with Gasteiger partial charge in [0.15, 0.2) is 5.82 Å². The Labute approximate surface area is 167 Å². The Morgan fingerprint density at radius 2 is 1.82 bits per heavy atom. The number of carbonyl (C=O) groups excluding carboxylic acids is 2. The molecule has 2 aromatic carbocycles. The van der Waals surface area contributed by atoms with Gasteiger partial charge in [-0.15, -0.1) is 0 Å². The van der Waals surface area contributed by atoms with Crippen LogP contribution >= 0.6 is 11.6 Å². The lowest BCUT2D eigenvalue weighted by molar-refractivity contribution is -0.117. The summed E-state index contributed by atoms with van der Waals surface area (Å²) in [4.78, 5) is 35.2. The molecule has 0 radical (unpaired) electrons. The topological polar surface area (TPSA) is 75.2 Å². The number of rotatable bonds is 4. The molecule has 1 aliphatic rings. The van der Waals surface area contributed by atoms with E-state index in [2.05, 4.69) is 15.3 Å². The highest BCUT2D eigenvalue weighted by Crippen LogP contribution is 2.29. The minimum Gasteiger partial charge on any atom is -0.319 e. The molecule has 2 amide bonds. The van der Waals surface area contributed by atoms with Crippen molar-refractivity contribution in [2.75, 3.05) is 16.8 Å². The predicted octanol–water partition coefficient (Wildman–Crippen LogP) is 4.18. The first-order chi connectivity index (χ1) is 13.6. The molecule has 4 rings (SSSR count). The summed E-state index contributed by atoms with van der Waals surface area (Å²) in [6, 6.07) is 14.5. The summed E-state index contributed by atoms with van der Waals surface area (Å²) in [7, 11) is 0. The number of aromatic nitrogens is 2. The van der Waals surface area contributed by atoms with Gasteiger partial charge in [-0.25, -0.2) is 9.97 Å². The van der Waals surface area contributed by atoms with Crippen molar-refractivity contribution in [1.29, 1.82) is 0 Å². The molecule has 0 saturated carbocycles. The molecular weight excluding hydrogens is 376 g/mol. The van der Waals surface area contributed by atoms with Gasteiger partial charge in [0.2, 0.25) is 5.91 Å². The molecule has 0 bridgehead atoms. The van der Waals surface area contributed by atoms with Gasteiger partial charge in [0, 0.05) is 23.6 Å². The van der Waals surface area contributed by atoms with Crippen LogP contribution in [0.2, 0.25) is 5.02 Å². The normalized spacial score (nSPS) is 13.6. The van der Waals surface area contributed by atoms with E-state index in [1.54, 1.807) is 35.5 Å². The zero-order valence-electron chi connectivity index (χ0n) is 14.9. The molecule has 3 aromatic rings. The molecule has 0 unspecified atom stereocenters. The second kappa shape index (κ2) is 7.78. The van der Waals surface area contributed by atoms with E-state index in [4.69, 9.17) is 11.6 Å². The van der Waals surface area contributed by atoms with E-state index in [0.717, 1.165) is 12.0 Å². The van der Waals surface area contributed by atoms with E-state index < -0.39 is 0 Å². The van der Waals surface area contributed by atoms with E-state index in [1.807, 2.05) is 30.3 Å². The molecule has 28 heavy (non-hydrogen) atoms. The quantitative estimate of drug-likeness (QED) is 0.722. The van der Waals surface area contributed by atoms with Gasteiger partial charge < -0.3 is 10.2 Å². The van der Waals surface area contributed by atoms with E-state index in [0.29, 0.717) is 40.8 Å². The standard InChI is InChI=1S/C21H17ClN4O2/c22-15-8-9-17(18(11-15)26-10-4-7-19(26)27)21(28)25-16-12-23-20(24-13-16)14-5-2-1-3-6-14/h1-3,5-6,8-9,11-13H,4,7,10H2,(H,25,28). The maximum absolute atomic E-state index is 12.8. The Kier molecular flexibility index (Phi) is 5.04. The summed E-state index contributed by atoms with van der Waals surface area (Å²) in [6.07, 6.45) is 4.36. The number of carbonyl (C=O) groups is 2. The smallest absolute Gasteiger partial charge is 0.257 e. The lowest BCUT2D eigenvalue weighted by Gasteiger charge is -2.19. The molecule has 0 spiro atoms. The zero-order valence-corrected chi connectivity index (χ0v) is 15.7. The Morgan fingerprint density at radius 1 is 1.07 bits per heavy atom. The van der Waals surface area contributed by atoms with Gasteiger partial charge in [0.05, 0.1) is 29.3 Å². The highest BCUT2D eigenvalue weighted by atomic mass is 35.5. The molecule has 2 heterocycles. The van der Waals surface area contributed by atoms with Crippen LogP contribution in [-0.2, 0) is 4.79 Å². The number of amides is 2. The Balaban J connectivity index is 1.56. The van der Waals surface area contributed by atoms with Crippen LogP contribution in [0.3, 0.4) is 0 Å². The summed E-state index contributed by atoms with van der Waals surface area (Å²) < 4.78 is 0. The molecule has 0 atom stereocenters. The van der Waals surface area contributed by atoms with Crippen LogP contribution in [0.5, 0.6) is 0 Å². The second-order valence-electron chi connectivity index (χ2n) is 6.43. The number of nitrogens with zero attached hydrogens (tertiary/aromatic N) is 3. The summed E-state index contributed by atoms with van der Waals surface area (Å²) in [6.45, 7) is 0.578. The van der Waals surface area contributed by atoms with Crippen LogP contribution in [-0.4, -0.2) is 28.3 Å². The summed E-state index contributed by atoms with van der Waals surface area (Å²) in [5.74, 6) is 0.225. The summed E-state index contributed by atoms with van der Waals surface area (Å²) >= 11 is 6.09. The van der Waals surface area contributed by atoms with Gasteiger partial charge in [-0.2, -0.15) is 0 Å². The first kappa shape index (κ1) is 18.1. The largest absolute Gasteiger partial charge is 0.319 e. The molecule has 1 N–H and O–H groups in total. The third-order valence-electron chi connectivity index (χ3n) is 4.51. The fourth-order valence-electron chi connectivity index (χ4n) is 3.15. The van der Waals surface area contributed by atoms with Gasteiger partial charge >= 0.3 is 0 Å². The monoisotopic (exact) mass is 392 g/mol. The first-order valence-electron chi connectivity index (χ1n) is 8.90. The van der Waals surface area contributed by atoms with Gasteiger partial charge in [-0.3, -0.25) is 9.59 Å². The average molecular weight is 393 g/mol. The van der Waals surface area contributed by atoms with Crippen molar-refractivity contribution >= 4 is 34.8 Å². The number of anilines is 2. The second-order valence-corrected chi connectivity index (χ2v) is 6.86. The zero-order chi connectivity index (χ0) is 19.5. The third kappa shape index (κ3) is 3.73. The van der Waals surface area contributed by atoms with E-state index >= 15 is 0 Å². The molecule has 1 aromatic heterocycles. The van der Waals surface area contributed by atoms with E-state index in [9.17, 15) is 9.59 Å². The predicted molar refractivity (Wildman–Crippen MR) is 108 cm³/mol. The molecule has 1 saturated heterocycles.